The van der Waals surface area contributed by atoms with E-state index < -0.39 is 0 Å². The van der Waals surface area contributed by atoms with E-state index in [-0.39, 0.29) is 5.91 Å². The fraction of sp³-hybridized carbons (Fsp3) is 0.231. The fourth-order valence-electron chi connectivity index (χ4n) is 2.02. The highest BCUT2D eigenvalue weighted by Gasteiger charge is 2.24. The van der Waals surface area contributed by atoms with Crippen molar-refractivity contribution in [1.29, 1.82) is 0 Å². The topological polar surface area (TPSA) is 58.2 Å². The Morgan fingerprint density at radius 1 is 1.33 bits per heavy atom. The van der Waals surface area contributed by atoms with E-state index in [9.17, 15) is 4.79 Å². The van der Waals surface area contributed by atoms with Gasteiger partial charge >= 0.3 is 0 Å². The first-order chi connectivity index (χ1) is 8.86. The molecular formula is C13H13N3O2. The number of amides is 1. The molecule has 0 radical (unpaired) electrons. The van der Waals surface area contributed by atoms with Gasteiger partial charge in [0.15, 0.2) is 0 Å². The predicted octanol–water partition coefficient (Wildman–Crippen LogP) is 1.85. The summed E-state index contributed by atoms with van der Waals surface area (Å²) in [7, 11) is 0. The molecule has 92 valence electrons. The van der Waals surface area contributed by atoms with Crippen molar-refractivity contribution in [2.75, 3.05) is 13.2 Å². The number of H-pyrrole nitrogens is 1. The van der Waals surface area contributed by atoms with Gasteiger partial charge in [0.25, 0.3) is 5.91 Å². The summed E-state index contributed by atoms with van der Waals surface area (Å²) in [6.45, 7) is 1.24. The number of nitrogens with zero attached hydrogens (tertiary/aromatic N) is 2. The molecule has 1 amide bonds. The Bertz CT molecular complexity index is 544. The van der Waals surface area contributed by atoms with Crippen LogP contribution in [0.15, 0.2) is 36.5 Å². The lowest BCUT2D eigenvalue weighted by molar-refractivity contribution is -0.0767. The molecule has 1 aliphatic rings. The van der Waals surface area contributed by atoms with Gasteiger partial charge in [0.2, 0.25) is 0 Å². The first-order valence-corrected chi connectivity index (χ1v) is 5.90. The highest BCUT2D eigenvalue weighted by Crippen LogP contribution is 2.22. The normalized spacial score (nSPS) is 15.0. The highest BCUT2D eigenvalue weighted by molar-refractivity contribution is 5.99. The van der Waals surface area contributed by atoms with Crippen LogP contribution in [-0.4, -0.2) is 34.3 Å². The van der Waals surface area contributed by atoms with E-state index in [0.29, 0.717) is 18.7 Å². The van der Waals surface area contributed by atoms with Crippen LogP contribution in [0.25, 0.3) is 11.3 Å². The predicted molar refractivity (Wildman–Crippen MR) is 65.6 cm³/mol. The molecule has 2 aromatic rings. The van der Waals surface area contributed by atoms with E-state index in [0.717, 1.165) is 17.7 Å². The lowest BCUT2D eigenvalue weighted by Gasteiger charge is -2.13. The van der Waals surface area contributed by atoms with Crippen molar-refractivity contribution < 1.29 is 9.63 Å². The smallest absolute Gasteiger partial charge is 0.277 e. The minimum atomic E-state index is -0.139. The zero-order chi connectivity index (χ0) is 12.4. The lowest BCUT2D eigenvalue weighted by Crippen LogP contribution is -2.26. The number of aromatic amines is 1. The third-order valence-electron chi connectivity index (χ3n) is 2.91. The van der Waals surface area contributed by atoms with E-state index in [4.69, 9.17) is 4.84 Å². The summed E-state index contributed by atoms with van der Waals surface area (Å²) >= 11 is 0. The minimum Gasteiger partial charge on any atom is -0.277 e. The van der Waals surface area contributed by atoms with Crippen molar-refractivity contribution in [3.05, 3.63) is 42.1 Å². The number of benzene rings is 1. The Hall–Kier alpha value is -2.14. The Morgan fingerprint density at radius 3 is 2.89 bits per heavy atom. The van der Waals surface area contributed by atoms with E-state index in [1.54, 1.807) is 6.20 Å². The van der Waals surface area contributed by atoms with Crippen LogP contribution in [0.4, 0.5) is 0 Å². The fourth-order valence-corrected chi connectivity index (χ4v) is 2.02. The molecule has 18 heavy (non-hydrogen) atoms. The summed E-state index contributed by atoms with van der Waals surface area (Å²) in [5, 5.41) is 8.24. The summed E-state index contributed by atoms with van der Waals surface area (Å²) < 4.78 is 0. The Kier molecular flexibility index (Phi) is 2.82. The van der Waals surface area contributed by atoms with Gasteiger partial charge < -0.3 is 0 Å². The molecule has 2 heterocycles. The maximum Gasteiger partial charge on any atom is 0.281 e. The zero-order valence-electron chi connectivity index (χ0n) is 9.80. The number of carbonyl (C=O) groups excluding carboxylic acids is 1. The number of hydroxylamine groups is 2. The Morgan fingerprint density at radius 2 is 2.17 bits per heavy atom. The van der Waals surface area contributed by atoms with Crippen LogP contribution in [0, 0.1) is 0 Å². The van der Waals surface area contributed by atoms with E-state index in [1.165, 1.54) is 5.06 Å². The van der Waals surface area contributed by atoms with Crippen molar-refractivity contribution >= 4 is 5.91 Å². The van der Waals surface area contributed by atoms with Gasteiger partial charge in [0.1, 0.15) is 0 Å². The monoisotopic (exact) mass is 243 g/mol. The quantitative estimate of drug-likeness (QED) is 0.875. The molecule has 1 saturated heterocycles. The van der Waals surface area contributed by atoms with Gasteiger partial charge in [-0.1, -0.05) is 30.3 Å². The first-order valence-electron chi connectivity index (χ1n) is 5.90. The molecule has 0 spiro atoms. The minimum absolute atomic E-state index is 0.139. The zero-order valence-corrected chi connectivity index (χ0v) is 9.80. The summed E-state index contributed by atoms with van der Waals surface area (Å²) in [5.74, 6) is -0.139. The van der Waals surface area contributed by atoms with Crippen LogP contribution < -0.4 is 0 Å². The second kappa shape index (κ2) is 4.62. The second-order valence-corrected chi connectivity index (χ2v) is 4.12. The second-order valence-electron chi connectivity index (χ2n) is 4.12. The van der Waals surface area contributed by atoms with Gasteiger partial charge in [-0.05, 0) is 6.42 Å². The molecule has 0 bridgehead atoms. The number of hydrogen-bond donors (Lipinski definition) is 1. The molecule has 1 N–H and O–H groups in total. The van der Waals surface area contributed by atoms with Crippen LogP contribution in [-0.2, 0) is 4.84 Å². The molecule has 5 heteroatoms. The third-order valence-corrected chi connectivity index (χ3v) is 2.91. The maximum atomic E-state index is 12.2. The number of hydrogen-bond acceptors (Lipinski definition) is 3. The van der Waals surface area contributed by atoms with E-state index in [1.807, 2.05) is 30.3 Å². The standard InChI is InChI=1S/C13H13N3O2/c17-13(16-7-4-8-18-16)11-9-14-15-12(11)10-5-2-1-3-6-10/h1-3,5-6,9H,4,7-8H2,(H,14,15). The molecule has 0 saturated carbocycles. The van der Waals surface area contributed by atoms with Crippen molar-refractivity contribution in [1.82, 2.24) is 15.3 Å². The molecule has 0 aliphatic carbocycles. The van der Waals surface area contributed by atoms with Crippen LogP contribution in [0.3, 0.4) is 0 Å². The number of aromatic nitrogens is 2. The molecule has 1 aliphatic heterocycles. The van der Waals surface area contributed by atoms with Crippen LogP contribution in [0.5, 0.6) is 0 Å². The summed E-state index contributed by atoms with van der Waals surface area (Å²) in [4.78, 5) is 17.5. The molecule has 0 atom stereocenters. The molecule has 3 rings (SSSR count). The average Bonchev–Trinajstić information content (AvgIpc) is 3.10. The first kappa shape index (κ1) is 11.0. The van der Waals surface area contributed by atoms with Gasteiger partial charge in [-0.2, -0.15) is 5.10 Å². The van der Waals surface area contributed by atoms with Crippen LogP contribution in [0.1, 0.15) is 16.8 Å². The van der Waals surface area contributed by atoms with Crippen LogP contribution in [0.2, 0.25) is 0 Å². The van der Waals surface area contributed by atoms with Gasteiger partial charge in [0.05, 0.1) is 30.6 Å². The third kappa shape index (κ3) is 1.89. The highest BCUT2D eigenvalue weighted by atomic mass is 16.7. The molecule has 5 nitrogen and oxygen atoms in total. The Balaban J connectivity index is 1.94. The summed E-state index contributed by atoms with van der Waals surface area (Å²) in [6, 6.07) is 9.67. The summed E-state index contributed by atoms with van der Waals surface area (Å²) in [5.41, 5.74) is 2.22. The number of nitrogens with one attached hydrogen (secondary N) is 1. The van der Waals surface area contributed by atoms with Crippen molar-refractivity contribution in [2.45, 2.75) is 6.42 Å². The average molecular weight is 243 g/mol. The summed E-state index contributed by atoms with van der Waals surface area (Å²) in [6.07, 6.45) is 2.43. The maximum absolute atomic E-state index is 12.2. The van der Waals surface area contributed by atoms with Gasteiger partial charge in [0, 0.05) is 5.56 Å². The van der Waals surface area contributed by atoms with Crippen molar-refractivity contribution in [2.24, 2.45) is 0 Å². The van der Waals surface area contributed by atoms with Crippen molar-refractivity contribution in [3.8, 4) is 11.3 Å². The molecule has 0 unspecified atom stereocenters. The largest absolute Gasteiger partial charge is 0.281 e. The lowest BCUT2D eigenvalue weighted by atomic mass is 10.1. The van der Waals surface area contributed by atoms with E-state index in [2.05, 4.69) is 10.2 Å². The van der Waals surface area contributed by atoms with Crippen LogP contribution >= 0.6 is 0 Å². The SMILES string of the molecule is O=C(c1cn[nH]c1-c1ccccc1)N1CCCO1. The van der Waals surface area contributed by atoms with Gasteiger partial charge in [-0.3, -0.25) is 14.7 Å². The Labute approximate surface area is 104 Å². The van der Waals surface area contributed by atoms with E-state index >= 15 is 0 Å². The molecule has 1 aromatic carbocycles. The van der Waals surface area contributed by atoms with Crippen molar-refractivity contribution in [3.63, 3.8) is 0 Å². The molecule has 1 aromatic heterocycles. The van der Waals surface area contributed by atoms with Gasteiger partial charge in [-0.15, -0.1) is 0 Å². The molecular weight excluding hydrogens is 230 g/mol. The molecule has 1 fully saturated rings. The number of rotatable bonds is 2. The number of carbonyl (C=O) groups is 1. The van der Waals surface area contributed by atoms with Gasteiger partial charge in [-0.25, -0.2) is 5.06 Å².